The van der Waals surface area contributed by atoms with Gasteiger partial charge in [0.1, 0.15) is 5.82 Å². The Hall–Kier alpha value is -1.66. The number of rotatable bonds is 6. The monoisotopic (exact) mass is 411 g/mol. The van der Waals surface area contributed by atoms with Crippen LogP contribution in [0.15, 0.2) is 36.4 Å². The SMILES string of the molecule is O=C1CCC(OCCO)CN1Cc1ccc(F)c(-c2ccc(Cl)c(Cl)c2)c1. The Kier molecular flexibility index (Phi) is 6.71. The molecule has 1 N–H and O–H groups in total. The van der Waals surface area contributed by atoms with E-state index < -0.39 is 0 Å². The number of carbonyl (C=O) groups excluding carboxylic acids is 1. The first-order valence-electron chi connectivity index (χ1n) is 8.72. The van der Waals surface area contributed by atoms with Crippen molar-refractivity contribution in [1.82, 2.24) is 4.90 Å². The Balaban J connectivity index is 1.79. The van der Waals surface area contributed by atoms with Crippen molar-refractivity contribution in [2.45, 2.75) is 25.5 Å². The van der Waals surface area contributed by atoms with E-state index in [-0.39, 0.29) is 31.0 Å². The standard InChI is InChI=1S/C20H20Cl2FNO3/c21-17-4-2-14(10-18(17)22)16-9-13(1-5-19(16)23)11-24-12-15(27-8-7-25)3-6-20(24)26/h1-2,4-5,9-10,15,25H,3,6-8,11-12H2. The summed E-state index contributed by atoms with van der Waals surface area (Å²) in [5, 5.41) is 9.66. The number of ether oxygens (including phenoxy) is 1. The van der Waals surface area contributed by atoms with Gasteiger partial charge in [-0.05, 0) is 41.8 Å². The number of halogens is 3. The van der Waals surface area contributed by atoms with Crippen LogP contribution in [0.3, 0.4) is 0 Å². The average molecular weight is 412 g/mol. The molecule has 1 amide bonds. The fourth-order valence-electron chi connectivity index (χ4n) is 3.17. The predicted molar refractivity (Wildman–Crippen MR) is 103 cm³/mol. The maximum absolute atomic E-state index is 14.3. The number of amides is 1. The number of piperidine rings is 1. The number of aliphatic hydroxyl groups excluding tert-OH is 1. The maximum atomic E-state index is 14.3. The van der Waals surface area contributed by atoms with E-state index in [0.29, 0.717) is 47.1 Å². The lowest BCUT2D eigenvalue weighted by Crippen LogP contribution is -2.43. The van der Waals surface area contributed by atoms with Gasteiger partial charge in [0.2, 0.25) is 5.91 Å². The summed E-state index contributed by atoms with van der Waals surface area (Å²) < 4.78 is 19.9. The first kappa shape index (κ1) is 20.1. The van der Waals surface area contributed by atoms with Gasteiger partial charge in [-0.15, -0.1) is 0 Å². The van der Waals surface area contributed by atoms with Gasteiger partial charge in [0, 0.05) is 25.1 Å². The van der Waals surface area contributed by atoms with Crippen LogP contribution in [0, 0.1) is 5.82 Å². The molecule has 0 aliphatic carbocycles. The Morgan fingerprint density at radius 2 is 2.00 bits per heavy atom. The van der Waals surface area contributed by atoms with Gasteiger partial charge in [-0.2, -0.15) is 0 Å². The zero-order chi connectivity index (χ0) is 19.4. The van der Waals surface area contributed by atoms with Crippen LogP contribution in [0.25, 0.3) is 11.1 Å². The minimum absolute atomic E-state index is 0.0410. The molecule has 0 aromatic heterocycles. The van der Waals surface area contributed by atoms with E-state index in [1.165, 1.54) is 6.07 Å². The van der Waals surface area contributed by atoms with Crippen LogP contribution in [-0.2, 0) is 16.1 Å². The minimum Gasteiger partial charge on any atom is -0.394 e. The molecule has 0 bridgehead atoms. The first-order valence-corrected chi connectivity index (χ1v) is 9.47. The van der Waals surface area contributed by atoms with Crippen LogP contribution in [0.2, 0.25) is 10.0 Å². The molecule has 7 heteroatoms. The van der Waals surface area contributed by atoms with E-state index in [1.807, 2.05) is 0 Å². The van der Waals surface area contributed by atoms with E-state index in [4.69, 9.17) is 33.0 Å². The third kappa shape index (κ3) is 4.99. The van der Waals surface area contributed by atoms with E-state index in [9.17, 15) is 9.18 Å². The minimum atomic E-state index is -0.369. The van der Waals surface area contributed by atoms with Gasteiger partial charge < -0.3 is 14.7 Å². The number of carbonyl (C=O) groups is 1. The second-order valence-corrected chi connectivity index (χ2v) is 7.29. The molecule has 1 atom stereocenters. The van der Waals surface area contributed by atoms with Crippen molar-refractivity contribution in [3.05, 3.63) is 57.8 Å². The van der Waals surface area contributed by atoms with Crippen molar-refractivity contribution >= 4 is 29.1 Å². The molecule has 1 aliphatic heterocycles. The summed E-state index contributed by atoms with van der Waals surface area (Å²) in [6.45, 7) is 1.03. The van der Waals surface area contributed by atoms with Crippen LogP contribution in [0.4, 0.5) is 4.39 Å². The highest BCUT2D eigenvalue weighted by atomic mass is 35.5. The highest BCUT2D eigenvalue weighted by molar-refractivity contribution is 6.42. The number of nitrogens with zero attached hydrogens (tertiary/aromatic N) is 1. The lowest BCUT2D eigenvalue weighted by molar-refractivity contribution is -0.139. The lowest BCUT2D eigenvalue weighted by atomic mass is 10.0. The quantitative estimate of drug-likeness (QED) is 0.770. The van der Waals surface area contributed by atoms with Gasteiger partial charge in [0.15, 0.2) is 0 Å². The summed E-state index contributed by atoms with van der Waals surface area (Å²) >= 11 is 12.0. The average Bonchev–Trinajstić information content (AvgIpc) is 2.66. The van der Waals surface area contributed by atoms with Gasteiger partial charge in [0.05, 0.1) is 29.4 Å². The van der Waals surface area contributed by atoms with E-state index >= 15 is 0 Å². The second-order valence-electron chi connectivity index (χ2n) is 6.47. The molecule has 0 spiro atoms. The molecule has 4 nitrogen and oxygen atoms in total. The van der Waals surface area contributed by atoms with Crippen molar-refractivity contribution < 1.29 is 19.0 Å². The Morgan fingerprint density at radius 3 is 2.74 bits per heavy atom. The summed E-state index contributed by atoms with van der Waals surface area (Å²) in [7, 11) is 0. The van der Waals surface area contributed by atoms with Gasteiger partial charge >= 0.3 is 0 Å². The molecule has 1 unspecified atom stereocenters. The van der Waals surface area contributed by atoms with Crippen molar-refractivity contribution in [2.75, 3.05) is 19.8 Å². The van der Waals surface area contributed by atoms with E-state index in [0.717, 1.165) is 5.56 Å². The Morgan fingerprint density at radius 1 is 1.19 bits per heavy atom. The van der Waals surface area contributed by atoms with Gasteiger partial charge in [0.25, 0.3) is 0 Å². The van der Waals surface area contributed by atoms with Crippen LogP contribution in [0.5, 0.6) is 0 Å². The number of hydrogen-bond donors (Lipinski definition) is 1. The number of aliphatic hydroxyl groups is 1. The normalized spacial score (nSPS) is 17.4. The summed E-state index contributed by atoms with van der Waals surface area (Å²) in [6, 6.07) is 9.74. The van der Waals surface area contributed by atoms with E-state index in [1.54, 1.807) is 35.2 Å². The van der Waals surface area contributed by atoms with Crippen molar-refractivity contribution in [3.8, 4) is 11.1 Å². The van der Waals surface area contributed by atoms with Crippen LogP contribution < -0.4 is 0 Å². The summed E-state index contributed by atoms with van der Waals surface area (Å²) in [6.07, 6.45) is 0.953. The topological polar surface area (TPSA) is 49.8 Å². The first-order chi connectivity index (χ1) is 13.0. The van der Waals surface area contributed by atoms with Crippen molar-refractivity contribution in [3.63, 3.8) is 0 Å². The van der Waals surface area contributed by atoms with Crippen LogP contribution in [0.1, 0.15) is 18.4 Å². The molecular weight excluding hydrogens is 392 g/mol. The molecule has 1 aliphatic rings. The molecule has 144 valence electrons. The molecule has 0 saturated carbocycles. The smallest absolute Gasteiger partial charge is 0.223 e. The van der Waals surface area contributed by atoms with Crippen LogP contribution >= 0.6 is 23.2 Å². The maximum Gasteiger partial charge on any atom is 0.223 e. The predicted octanol–water partition coefficient (Wildman–Crippen LogP) is 4.30. The van der Waals surface area contributed by atoms with Crippen molar-refractivity contribution in [1.29, 1.82) is 0 Å². The summed E-state index contributed by atoms with van der Waals surface area (Å²) in [5.41, 5.74) is 1.84. The third-order valence-electron chi connectivity index (χ3n) is 4.54. The largest absolute Gasteiger partial charge is 0.394 e. The van der Waals surface area contributed by atoms with Gasteiger partial charge in [-0.25, -0.2) is 4.39 Å². The Labute approximate surface area is 167 Å². The molecule has 2 aromatic carbocycles. The van der Waals surface area contributed by atoms with Gasteiger partial charge in [-0.3, -0.25) is 4.79 Å². The molecule has 1 fully saturated rings. The van der Waals surface area contributed by atoms with Crippen LogP contribution in [-0.4, -0.2) is 41.8 Å². The second kappa shape index (κ2) is 9.02. The third-order valence-corrected chi connectivity index (χ3v) is 5.28. The zero-order valence-corrected chi connectivity index (χ0v) is 16.1. The summed E-state index contributed by atoms with van der Waals surface area (Å²) in [5.74, 6) is -0.328. The highest BCUT2D eigenvalue weighted by Crippen LogP contribution is 2.31. The number of hydrogen-bond acceptors (Lipinski definition) is 3. The molecule has 3 rings (SSSR count). The number of benzene rings is 2. The summed E-state index contributed by atoms with van der Waals surface area (Å²) in [4.78, 5) is 13.9. The Bertz CT molecular complexity index is 831. The molecule has 0 radical (unpaired) electrons. The molecular formula is C20H20Cl2FNO3. The lowest BCUT2D eigenvalue weighted by Gasteiger charge is -2.32. The van der Waals surface area contributed by atoms with E-state index in [2.05, 4.69) is 0 Å². The zero-order valence-electron chi connectivity index (χ0n) is 14.6. The van der Waals surface area contributed by atoms with Gasteiger partial charge in [-0.1, -0.05) is 35.3 Å². The molecule has 2 aromatic rings. The molecule has 1 saturated heterocycles. The number of likely N-dealkylation sites (tertiary alicyclic amines) is 1. The fourth-order valence-corrected chi connectivity index (χ4v) is 3.46. The highest BCUT2D eigenvalue weighted by Gasteiger charge is 2.26. The molecule has 27 heavy (non-hydrogen) atoms. The van der Waals surface area contributed by atoms with Crippen molar-refractivity contribution in [2.24, 2.45) is 0 Å². The molecule has 1 heterocycles. The fraction of sp³-hybridized carbons (Fsp3) is 0.350.